The van der Waals surface area contributed by atoms with Crippen molar-refractivity contribution in [3.8, 4) is 11.3 Å². The molecule has 0 atom stereocenters. The van der Waals surface area contributed by atoms with E-state index in [1.54, 1.807) is 6.92 Å². The predicted molar refractivity (Wildman–Crippen MR) is 70.2 cm³/mol. The molecule has 0 aliphatic rings. The van der Waals surface area contributed by atoms with Crippen LogP contribution in [0.4, 0.5) is 8.78 Å². The summed E-state index contributed by atoms with van der Waals surface area (Å²) in [5.41, 5.74) is 0.484. The molecule has 2 rings (SSSR count). The number of methoxy groups -OCH3 is 1. The standard InChI is InChI=1S/C13H12F2N2OS/c1-7-3-4-8(14)12(13(7)15)9-5-11(19)17-10(16-9)6-18-2/h3-5H,6H2,1-2H3,(H,16,17,19). The van der Waals surface area contributed by atoms with E-state index in [0.717, 1.165) is 0 Å². The SMILES string of the molecule is COCc1nc(=S)cc(-c2c(F)ccc(C)c2F)[nH]1. The highest BCUT2D eigenvalue weighted by atomic mass is 32.1. The fourth-order valence-corrected chi connectivity index (χ4v) is 1.98. The Hall–Kier alpha value is -1.66. The van der Waals surface area contributed by atoms with E-state index in [2.05, 4.69) is 9.97 Å². The molecule has 0 bridgehead atoms. The number of aromatic amines is 1. The number of hydrogen-bond donors (Lipinski definition) is 1. The van der Waals surface area contributed by atoms with Crippen LogP contribution in [0.25, 0.3) is 11.3 Å². The van der Waals surface area contributed by atoms with Gasteiger partial charge in [0.2, 0.25) is 0 Å². The van der Waals surface area contributed by atoms with E-state index in [1.807, 2.05) is 0 Å². The second-order valence-corrected chi connectivity index (χ2v) is 4.48. The largest absolute Gasteiger partial charge is 0.377 e. The summed E-state index contributed by atoms with van der Waals surface area (Å²) in [7, 11) is 1.50. The molecule has 0 spiro atoms. The molecule has 0 amide bonds. The van der Waals surface area contributed by atoms with Gasteiger partial charge in [0.25, 0.3) is 0 Å². The van der Waals surface area contributed by atoms with E-state index in [9.17, 15) is 8.78 Å². The van der Waals surface area contributed by atoms with Gasteiger partial charge in [-0.25, -0.2) is 13.8 Å². The second-order valence-electron chi connectivity index (χ2n) is 4.07. The highest BCUT2D eigenvalue weighted by Crippen LogP contribution is 2.26. The molecule has 1 aromatic heterocycles. The summed E-state index contributed by atoms with van der Waals surface area (Å²) in [6.45, 7) is 1.76. The van der Waals surface area contributed by atoms with E-state index < -0.39 is 11.6 Å². The molecule has 0 unspecified atom stereocenters. The van der Waals surface area contributed by atoms with Crippen molar-refractivity contribution in [1.29, 1.82) is 0 Å². The predicted octanol–water partition coefficient (Wildman–Crippen LogP) is 3.54. The van der Waals surface area contributed by atoms with Crippen molar-refractivity contribution in [2.45, 2.75) is 13.5 Å². The molecule has 3 nitrogen and oxygen atoms in total. The molecule has 2 aromatic rings. The first-order chi connectivity index (χ1) is 9.02. The number of ether oxygens (including phenoxy) is 1. The molecule has 0 saturated heterocycles. The summed E-state index contributed by atoms with van der Waals surface area (Å²) in [4.78, 5) is 6.85. The molecule has 1 heterocycles. The van der Waals surface area contributed by atoms with Crippen molar-refractivity contribution in [3.63, 3.8) is 0 Å². The Kier molecular flexibility index (Phi) is 4.01. The zero-order chi connectivity index (χ0) is 14.0. The topological polar surface area (TPSA) is 37.9 Å². The summed E-state index contributed by atoms with van der Waals surface area (Å²) in [5.74, 6) is -0.839. The van der Waals surface area contributed by atoms with E-state index in [4.69, 9.17) is 17.0 Å². The lowest BCUT2D eigenvalue weighted by Crippen LogP contribution is -2.01. The van der Waals surface area contributed by atoms with Gasteiger partial charge >= 0.3 is 0 Å². The molecule has 19 heavy (non-hydrogen) atoms. The van der Waals surface area contributed by atoms with Crippen molar-refractivity contribution in [2.75, 3.05) is 7.11 Å². The third kappa shape index (κ3) is 2.85. The van der Waals surface area contributed by atoms with Crippen LogP contribution in [0.2, 0.25) is 0 Å². The van der Waals surface area contributed by atoms with E-state index in [1.165, 1.54) is 25.3 Å². The summed E-state index contributed by atoms with van der Waals surface area (Å²) in [6.07, 6.45) is 0. The van der Waals surface area contributed by atoms with E-state index in [0.29, 0.717) is 11.4 Å². The quantitative estimate of drug-likeness (QED) is 0.875. The number of nitrogens with zero attached hydrogens (tertiary/aromatic N) is 1. The number of hydrogen-bond acceptors (Lipinski definition) is 3. The van der Waals surface area contributed by atoms with E-state index in [-0.39, 0.29) is 22.5 Å². The summed E-state index contributed by atoms with van der Waals surface area (Å²) < 4.78 is 33.1. The molecular weight excluding hydrogens is 270 g/mol. The zero-order valence-electron chi connectivity index (χ0n) is 10.5. The molecule has 0 saturated carbocycles. The van der Waals surface area contributed by atoms with Crippen molar-refractivity contribution < 1.29 is 13.5 Å². The zero-order valence-corrected chi connectivity index (χ0v) is 11.3. The number of aromatic nitrogens is 2. The smallest absolute Gasteiger partial charge is 0.138 e. The van der Waals surface area contributed by atoms with Gasteiger partial charge in [-0.2, -0.15) is 0 Å². The lowest BCUT2D eigenvalue weighted by Gasteiger charge is -2.09. The third-order valence-electron chi connectivity index (χ3n) is 2.63. The Morgan fingerprint density at radius 2 is 2.11 bits per heavy atom. The lowest BCUT2D eigenvalue weighted by atomic mass is 10.1. The molecule has 6 heteroatoms. The minimum Gasteiger partial charge on any atom is -0.377 e. The Bertz CT molecular complexity index is 670. The molecule has 0 fully saturated rings. The highest BCUT2D eigenvalue weighted by molar-refractivity contribution is 7.71. The van der Waals surface area contributed by atoms with Crippen LogP contribution in [0.1, 0.15) is 11.4 Å². The van der Waals surface area contributed by atoms with Crippen molar-refractivity contribution in [1.82, 2.24) is 9.97 Å². The number of H-pyrrole nitrogens is 1. The van der Waals surface area contributed by atoms with Gasteiger partial charge in [0.15, 0.2) is 0 Å². The molecule has 1 aromatic carbocycles. The number of benzene rings is 1. The van der Waals surface area contributed by atoms with Crippen LogP contribution in [0.5, 0.6) is 0 Å². The van der Waals surface area contributed by atoms with Gasteiger partial charge in [0.1, 0.15) is 28.7 Å². The van der Waals surface area contributed by atoms with E-state index >= 15 is 0 Å². The maximum absolute atomic E-state index is 14.1. The first-order valence-electron chi connectivity index (χ1n) is 5.57. The maximum Gasteiger partial charge on any atom is 0.138 e. The third-order valence-corrected chi connectivity index (χ3v) is 2.84. The van der Waals surface area contributed by atoms with Crippen molar-refractivity contribution in [3.05, 3.63) is 45.9 Å². The Morgan fingerprint density at radius 3 is 2.79 bits per heavy atom. The first kappa shape index (κ1) is 13.8. The first-order valence-corrected chi connectivity index (χ1v) is 5.98. The minimum absolute atomic E-state index is 0.133. The number of rotatable bonds is 3. The van der Waals surface area contributed by atoms with Gasteiger partial charge in [0, 0.05) is 7.11 Å². The normalized spacial score (nSPS) is 10.7. The second kappa shape index (κ2) is 5.54. The Morgan fingerprint density at radius 1 is 1.37 bits per heavy atom. The minimum atomic E-state index is -0.650. The Labute approximate surface area is 114 Å². The van der Waals surface area contributed by atoms with Gasteiger partial charge in [-0.15, -0.1) is 0 Å². The van der Waals surface area contributed by atoms with Gasteiger partial charge in [-0.05, 0) is 24.6 Å². The monoisotopic (exact) mass is 282 g/mol. The van der Waals surface area contributed by atoms with Gasteiger partial charge < -0.3 is 9.72 Å². The number of halogens is 2. The van der Waals surface area contributed by atoms with Crippen LogP contribution in [0.15, 0.2) is 18.2 Å². The average Bonchev–Trinajstić information content (AvgIpc) is 2.34. The molecule has 100 valence electrons. The van der Waals surface area contributed by atoms with Crippen LogP contribution < -0.4 is 0 Å². The summed E-state index contributed by atoms with van der Waals surface area (Å²) >= 11 is 4.99. The number of aryl methyl sites for hydroxylation is 1. The summed E-state index contributed by atoms with van der Waals surface area (Å²) in [5, 5.41) is 0. The van der Waals surface area contributed by atoms with Crippen LogP contribution in [0.3, 0.4) is 0 Å². The van der Waals surface area contributed by atoms with Crippen LogP contribution >= 0.6 is 12.2 Å². The van der Waals surface area contributed by atoms with Crippen molar-refractivity contribution in [2.24, 2.45) is 0 Å². The van der Waals surface area contributed by atoms with Crippen LogP contribution in [-0.4, -0.2) is 17.1 Å². The molecule has 0 radical (unpaired) electrons. The fraction of sp³-hybridized carbons (Fsp3) is 0.231. The van der Waals surface area contributed by atoms with Gasteiger partial charge in [0.05, 0.1) is 11.3 Å². The summed E-state index contributed by atoms with van der Waals surface area (Å²) in [6, 6.07) is 4.04. The molecular formula is C13H12F2N2OS. The average molecular weight is 282 g/mol. The molecule has 0 aliphatic carbocycles. The van der Waals surface area contributed by atoms with Crippen molar-refractivity contribution >= 4 is 12.2 Å². The maximum atomic E-state index is 14.1. The van der Waals surface area contributed by atoms with Gasteiger partial charge in [-0.1, -0.05) is 18.3 Å². The van der Waals surface area contributed by atoms with Crippen LogP contribution in [0, 0.1) is 23.2 Å². The number of nitrogens with one attached hydrogen (secondary N) is 1. The molecule has 1 N–H and O–H groups in total. The van der Waals surface area contributed by atoms with Crippen LogP contribution in [-0.2, 0) is 11.3 Å². The highest BCUT2D eigenvalue weighted by Gasteiger charge is 2.15. The Balaban J connectivity index is 2.65. The lowest BCUT2D eigenvalue weighted by molar-refractivity contribution is 0.177. The van der Waals surface area contributed by atoms with Gasteiger partial charge in [-0.3, -0.25) is 0 Å². The molecule has 0 aliphatic heterocycles. The fourth-order valence-electron chi connectivity index (χ4n) is 1.75.